The first kappa shape index (κ1) is 24.2. The number of nitrogens with one attached hydrogen (secondary N) is 2. The second kappa shape index (κ2) is 9.58. The van der Waals surface area contributed by atoms with Gasteiger partial charge in [0.1, 0.15) is 0 Å². The smallest absolute Gasteiger partial charge is 0.475 e. The zero-order valence-electron chi connectivity index (χ0n) is 14.9. The van der Waals surface area contributed by atoms with Gasteiger partial charge in [0, 0.05) is 13.1 Å². The Morgan fingerprint density at radius 3 is 2.28 bits per heavy atom. The second-order valence-corrected chi connectivity index (χ2v) is 5.89. The van der Waals surface area contributed by atoms with E-state index >= 15 is 0 Å². The van der Waals surface area contributed by atoms with Crippen LogP contribution in [0.3, 0.4) is 0 Å². The van der Waals surface area contributed by atoms with Crippen molar-refractivity contribution < 1.29 is 45.8 Å². The van der Waals surface area contributed by atoms with E-state index in [1.54, 1.807) is 6.92 Å². The quantitative estimate of drug-likeness (QED) is 0.639. The lowest BCUT2D eigenvalue weighted by Gasteiger charge is -2.26. The second-order valence-electron chi connectivity index (χ2n) is 5.89. The first-order chi connectivity index (χ1) is 13.2. The van der Waals surface area contributed by atoms with Crippen molar-refractivity contribution in [2.45, 2.75) is 19.3 Å². The van der Waals surface area contributed by atoms with E-state index < -0.39 is 29.8 Å². The molecule has 162 valence electrons. The molecule has 0 radical (unpaired) electrons. The van der Waals surface area contributed by atoms with Gasteiger partial charge >= 0.3 is 18.3 Å². The van der Waals surface area contributed by atoms with Crippen LogP contribution in [0, 0.1) is 6.92 Å². The highest BCUT2D eigenvalue weighted by Gasteiger charge is 2.38. The zero-order valence-corrected chi connectivity index (χ0v) is 14.9. The van der Waals surface area contributed by atoms with E-state index in [0.717, 1.165) is 6.07 Å². The van der Waals surface area contributed by atoms with Gasteiger partial charge in [0.05, 0.1) is 24.3 Å². The Balaban J connectivity index is 0.000000516. The van der Waals surface area contributed by atoms with Crippen LogP contribution in [-0.2, 0) is 20.6 Å². The van der Waals surface area contributed by atoms with Crippen LogP contribution in [0.4, 0.5) is 32.0 Å². The number of carbonyl (C=O) groups excluding carboxylic acids is 2. The Kier molecular flexibility index (Phi) is 8.00. The molecular weight excluding hydrogens is 412 g/mol. The van der Waals surface area contributed by atoms with Crippen molar-refractivity contribution in [3.63, 3.8) is 0 Å². The summed E-state index contributed by atoms with van der Waals surface area (Å²) in [6.45, 7) is 2.41. The molecule has 1 heterocycles. The predicted octanol–water partition coefficient (Wildman–Crippen LogP) is 2.02. The molecule has 0 spiro atoms. The fraction of sp³-hybridized carbons (Fsp3) is 0.438. The van der Waals surface area contributed by atoms with Crippen molar-refractivity contribution in [3.8, 4) is 0 Å². The lowest BCUT2D eigenvalue weighted by molar-refractivity contribution is -0.192. The lowest BCUT2D eigenvalue weighted by atomic mass is 10.1. The molecule has 1 aliphatic heterocycles. The van der Waals surface area contributed by atoms with Crippen molar-refractivity contribution in [2.75, 3.05) is 31.5 Å². The molecule has 13 heteroatoms. The molecule has 29 heavy (non-hydrogen) atoms. The number of halogens is 6. The van der Waals surface area contributed by atoms with Gasteiger partial charge in [0.2, 0.25) is 11.8 Å². The summed E-state index contributed by atoms with van der Waals surface area (Å²) in [5.41, 5.74) is -0.597. The van der Waals surface area contributed by atoms with Crippen molar-refractivity contribution >= 4 is 23.5 Å². The minimum atomic E-state index is -5.08. The van der Waals surface area contributed by atoms with Gasteiger partial charge in [-0.25, -0.2) is 4.79 Å². The van der Waals surface area contributed by atoms with Crippen LogP contribution < -0.4 is 10.6 Å². The van der Waals surface area contributed by atoms with E-state index in [2.05, 4.69) is 10.6 Å². The van der Waals surface area contributed by atoms with Gasteiger partial charge in [0.25, 0.3) is 0 Å². The molecule has 1 aromatic rings. The summed E-state index contributed by atoms with van der Waals surface area (Å²) < 4.78 is 70.5. The van der Waals surface area contributed by atoms with Gasteiger partial charge < -0.3 is 20.6 Å². The van der Waals surface area contributed by atoms with E-state index in [1.807, 2.05) is 0 Å². The number of piperazine rings is 1. The number of rotatable bonds is 3. The summed E-state index contributed by atoms with van der Waals surface area (Å²) >= 11 is 0. The van der Waals surface area contributed by atoms with Gasteiger partial charge in [-0.15, -0.1) is 0 Å². The number of hydrogen-bond acceptors (Lipinski definition) is 4. The van der Waals surface area contributed by atoms with Crippen LogP contribution in [-0.4, -0.2) is 60.1 Å². The number of carboxylic acid groups (broad SMARTS) is 1. The average Bonchev–Trinajstić information content (AvgIpc) is 2.55. The number of carboxylic acids is 1. The number of hydrogen-bond donors (Lipinski definition) is 3. The minimum Gasteiger partial charge on any atom is -0.475 e. The van der Waals surface area contributed by atoms with Crippen LogP contribution in [0.5, 0.6) is 0 Å². The Bertz CT molecular complexity index is 764. The van der Waals surface area contributed by atoms with Crippen LogP contribution in [0.1, 0.15) is 11.1 Å². The molecule has 3 N–H and O–H groups in total. The highest BCUT2D eigenvalue weighted by atomic mass is 19.4. The van der Waals surface area contributed by atoms with Gasteiger partial charge in [-0.3, -0.25) is 9.59 Å². The Morgan fingerprint density at radius 1 is 1.21 bits per heavy atom. The molecule has 0 atom stereocenters. The Labute approximate surface area is 160 Å². The fourth-order valence-corrected chi connectivity index (χ4v) is 2.18. The summed E-state index contributed by atoms with van der Waals surface area (Å²) in [4.78, 5) is 33.7. The largest absolute Gasteiger partial charge is 0.490 e. The van der Waals surface area contributed by atoms with E-state index in [4.69, 9.17) is 9.90 Å². The number of carbonyl (C=O) groups is 3. The summed E-state index contributed by atoms with van der Waals surface area (Å²) in [6, 6.07) is 3.53. The maximum absolute atomic E-state index is 12.9. The van der Waals surface area contributed by atoms with Crippen LogP contribution in [0.2, 0.25) is 0 Å². The van der Waals surface area contributed by atoms with Gasteiger partial charge in [-0.1, -0.05) is 6.07 Å². The molecule has 0 bridgehead atoms. The van der Waals surface area contributed by atoms with E-state index in [9.17, 15) is 35.9 Å². The van der Waals surface area contributed by atoms with Gasteiger partial charge in [-0.2, -0.15) is 26.3 Å². The van der Waals surface area contributed by atoms with E-state index in [0.29, 0.717) is 18.7 Å². The molecule has 2 amide bonds. The Hall–Kier alpha value is -2.83. The molecule has 0 aromatic heterocycles. The molecule has 1 aliphatic rings. The highest BCUT2D eigenvalue weighted by molar-refractivity contribution is 5.95. The fourth-order valence-electron chi connectivity index (χ4n) is 2.18. The number of benzene rings is 1. The van der Waals surface area contributed by atoms with Gasteiger partial charge in [0.15, 0.2) is 0 Å². The average molecular weight is 429 g/mol. The molecule has 1 fully saturated rings. The number of aryl methyl sites for hydroxylation is 1. The number of aliphatic carboxylic acids is 1. The molecular formula is C16H17F6N3O4. The molecule has 0 aliphatic carbocycles. The number of nitrogens with zero attached hydrogens (tertiary/aromatic N) is 1. The maximum atomic E-state index is 12.9. The van der Waals surface area contributed by atoms with Crippen molar-refractivity contribution in [1.82, 2.24) is 10.2 Å². The molecule has 0 saturated carbocycles. The molecule has 1 aromatic carbocycles. The molecule has 7 nitrogen and oxygen atoms in total. The van der Waals surface area contributed by atoms with Crippen molar-refractivity contribution in [1.29, 1.82) is 0 Å². The number of amides is 2. The van der Waals surface area contributed by atoms with Crippen molar-refractivity contribution in [3.05, 3.63) is 29.3 Å². The monoisotopic (exact) mass is 429 g/mol. The van der Waals surface area contributed by atoms with Crippen LogP contribution >= 0.6 is 0 Å². The summed E-state index contributed by atoms with van der Waals surface area (Å²) in [5.74, 6) is -3.65. The minimum absolute atomic E-state index is 0.130. The summed E-state index contributed by atoms with van der Waals surface area (Å²) in [7, 11) is 0. The summed E-state index contributed by atoms with van der Waals surface area (Å²) in [5, 5.41) is 12.2. The maximum Gasteiger partial charge on any atom is 0.490 e. The Morgan fingerprint density at radius 2 is 1.79 bits per heavy atom. The third kappa shape index (κ3) is 7.97. The first-order valence-electron chi connectivity index (χ1n) is 7.98. The normalized spacial score (nSPS) is 14.7. The molecule has 1 saturated heterocycles. The third-order valence-electron chi connectivity index (χ3n) is 3.52. The topological polar surface area (TPSA) is 98.7 Å². The number of alkyl halides is 6. The predicted molar refractivity (Wildman–Crippen MR) is 88.0 cm³/mol. The van der Waals surface area contributed by atoms with Gasteiger partial charge in [-0.05, 0) is 24.6 Å². The lowest BCUT2D eigenvalue weighted by Crippen LogP contribution is -2.50. The molecule has 2 rings (SSSR count). The third-order valence-corrected chi connectivity index (χ3v) is 3.52. The number of anilines is 1. The highest BCUT2D eigenvalue weighted by Crippen LogP contribution is 2.35. The standard InChI is InChI=1S/C14H16F3N3O2.C2HF3O2/c1-9-2-3-10(14(15,16)17)11(6-9)19-12(21)8-20-5-4-18-7-13(20)22;3-2(4,5)1(6)7/h2-3,6,18H,4-5,7-8H2,1H3,(H,19,21);(H,6,7). The van der Waals surface area contributed by atoms with E-state index in [-0.39, 0.29) is 24.7 Å². The zero-order chi connectivity index (χ0) is 22.4. The summed E-state index contributed by atoms with van der Waals surface area (Å²) in [6.07, 6.45) is -9.64. The molecule has 0 unspecified atom stereocenters. The first-order valence-corrected chi connectivity index (χ1v) is 7.98. The van der Waals surface area contributed by atoms with E-state index in [1.165, 1.54) is 17.0 Å². The van der Waals surface area contributed by atoms with Crippen molar-refractivity contribution in [2.24, 2.45) is 0 Å². The SMILES string of the molecule is Cc1ccc(C(F)(F)F)c(NC(=O)CN2CCNCC2=O)c1.O=C(O)C(F)(F)F. The van der Waals surface area contributed by atoms with Crippen LogP contribution in [0.15, 0.2) is 18.2 Å². The van der Waals surface area contributed by atoms with Crippen LogP contribution in [0.25, 0.3) is 0 Å².